The summed E-state index contributed by atoms with van der Waals surface area (Å²) in [7, 11) is 4.58. The fraction of sp³-hybridized carbons (Fsp3) is 0.350. The van der Waals surface area contributed by atoms with Crippen LogP contribution >= 0.6 is 11.6 Å². The van der Waals surface area contributed by atoms with E-state index >= 15 is 0 Å². The number of ketones is 1. The molecule has 1 atom stereocenters. The normalized spacial score (nSPS) is 11.8. The van der Waals surface area contributed by atoms with Crippen molar-refractivity contribution in [2.45, 2.75) is 26.8 Å². The Hall–Kier alpha value is -2.60. The van der Waals surface area contributed by atoms with Crippen LogP contribution in [0, 0.1) is 13.8 Å². The Morgan fingerprint density at radius 1 is 1.15 bits per heavy atom. The van der Waals surface area contributed by atoms with E-state index < -0.39 is 12.0 Å². The van der Waals surface area contributed by atoms with Crippen molar-refractivity contribution in [2.75, 3.05) is 14.2 Å². The van der Waals surface area contributed by atoms with Gasteiger partial charge in [-0.1, -0.05) is 11.6 Å². The Labute approximate surface area is 163 Å². The summed E-state index contributed by atoms with van der Waals surface area (Å²) in [5.74, 6) is -1.03. The third-order valence-corrected chi connectivity index (χ3v) is 5.18. The molecule has 7 heteroatoms. The molecule has 1 unspecified atom stereocenters. The molecule has 144 valence electrons. The molecule has 0 aliphatic rings. The number of carbonyl (C=O) groups is 3. The lowest BCUT2D eigenvalue weighted by Gasteiger charge is -2.24. The van der Waals surface area contributed by atoms with Crippen molar-refractivity contribution in [3.8, 4) is 0 Å². The van der Waals surface area contributed by atoms with Crippen LogP contribution in [-0.4, -0.2) is 47.3 Å². The standard InChI is InChI=1S/C20H23ClN2O4/c1-11-16(12(2)22(4)17(11)20(26)27-6)18(24)13(3)23(5)19(25)14-7-9-15(21)10-8-14/h7-10,13H,1-6H3. The molecule has 0 radical (unpaired) electrons. The highest BCUT2D eigenvalue weighted by atomic mass is 35.5. The van der Waals surface area contributed by atoms with Gasteiger partial charge in [0.25, 0.3) is 5.91 Å². The Morgan fingerprint density at radius 2 is 1.70 bits per heavy atom. The highest BCUT2D eigenvalue weighted by Gasteiger charge is 2.31. The summed E-state index contributed by atoms with van der Waals surface area (Å²) in [5.41, 5.74) is 2.40. The van der Waals surface area contributed by atoms with Crippen molar-refractivity contribution < 1.29 is 19.1 Å². The van der Waals surface area contributed by atoms with Crippen molar-refractivity contribution in [3.05, 3.63) is 57.4 Å². The largest absolute Gasteiger partial charge is 0.464 e. The number of ether oxygens (including phenoxy) is 1. The maximum atomic E-state index is 13.1. The van der Waals surface area contributed by atoms with Gasteiger partial charge in [-0.05, 0) is 50.6 Å². The SMILES string of the molecule is COC(=O)c1c(C)c(C(=O)C(C)N(C)C(=O)c2ccc(Cl)cc2)c(C)n1C. The molecular weight excluding hydrogens is 368 g/mol. The first kappa shape index (κ1) is 20.7. The Bertz CT molecular complexity index is 900. The molecule has 0 saturated heterocycles. The minimum atomic E-state index is -0.710. The number of rotatable bonds is 5. The third kappa shape index (κ3) is 3.76. The molecule has 6 nitrogen and oxygen atoms in total. The number of methoxy groups -OCH3 is 1. The number of benzene rings is 1. The molecule has 1 amide bonds. The van der Waals surface area contributed by atoms with Crippen LogP contribution in [0.4, 0.5) is 0 Å². The highest BCUT2D eigenvalue weighted by Crippen LogP contribution is 2.24. The van der Waals surface area contributed by atoms with E-state index in [4.69, 9.17) is 16.3 Å². The highest BCUT2D eigenvalue weighted by molar-refractivity contribution is 6.30. The van der Waals surface area contributed by atoms with Gasteiger partial charge >= 0.3 is 5.97 Å². The van der Waals surface area contributed by atoms with E-state index in [9.17, 15) is 14.4 Å². The lowest BCUT2D eigenvalue weighted by molar-refractivity contribution is 0.0588. The molecule has 1 aromatic carbocycles. The number of halogens is 1. The van der Waals surface area contributed by atoms with Gasteiger partial charge in [-0.15, -0.1) is 0 Å². The first-order chi connectivity index (χ1) is 12.6. The first-order valence-corrected chi connectivity index (χ1v) is 8.80. The van der Waals surface area contributed by atoms with Crippen LogP contribution in [0.5, 0.6) is 0 Å². The van der Waals surface area contributed by atoms with Crippen LogP contribution in [0.15, 0.2) is 24.3 Å². The minimum absolute atomic E-state index is 0.236. The number of aromatic nitrogens is 1. The fourth-order valence-corrected chi connectivity index (χ4v) is 3.21. The van der Waals surface area contributed by atoms with Crippen molar-refractivity contribution in [3.63, 3.8) is 0 Å². The summed E-state index contributed by atoms with van der Waals surface area (Å²) in [6.45, 7) is 5.14. The van der Waals surface area contributed by atoms with Crippen molar-refractivity contribution in [1.29, 1.82) is 0 Å². The summed E-state index contributed by atoms with van der Waals surface area (Å²) in [4.78, 5) is 39.2. The van der Waals surface area contributed by atoms with E-state index in [1.807, 2.05) is 0 Å². The molecule has 0 aliphatic carbocycles. The number of Topliss-reactive ketones (excluding diaryl/α,β-unsaturated/α-hetero) is 1. The quantitative estimate of drug-likeness (QED) is 0.579. The number of amides is 1. The average molecular weight is 391 g/mol. The van der Waals surface area contributed by atoms with Crippen LogP contribution < -0.4 is 0 Å². The van der Waals surface area contributed by atoms with Crippen molar-refractivity contribution >= 4 is 29.3 Å². The molecule has 0 spiro atoms. The van der Waals surface area contributed by atoms with Crippen LogP contribution in [0.25, 0.3) is 0 Å². The molecule has 27 heavy (non-hydrogen) atoms. The van der Waals surface area contributed by atoms with Crippen molar-refractivity contribution in [2.24, 2.45) is 7.05 Å². The topological polar surface area (TPSA) is 68.6 Å². The molecular formula is C20H23ClN2O4. The van der Waals surface area contributed by atoms with Gasteiger partial charge in [0, 0.05) is 35.9 Å². The molecule has 0 aliphatic heterocycles. The third-order valence-electron chi connectivity index (χ3n) is 4.93. The van der Waals surface area contributed by atoms with Gasteiger partial charge in [0.1, 0.15) is 5.69 Å². The summed E-state index contributed by atoms with van der Waals surface area (Å²) in [5, 5.41) is 0.532. The smallest absolute Gasteiger partial charge is 0.354 e. The Morgan fingerprint density at radius 3 is 2.22 bits per heavy atom. The summed E-state index contributed by atoms with van der Waals surface area (Å²) in [6.07, 6.45) is 0. The van der Waals surface area contributed by atoms with E-state index in [-0.39, 0.29) is 11.7 Å². The summed E-state index contributed by atoms with van der Waals surface area (Å²) in [6, 6.07) is 5.78. The van der Waals surface area contributed by atoms with Gasteiger partial charge in [-0.3, -0.25) is 9.59 Å². The number of nitrogens with zero attached hydrogens (tertiary/aromatic N) is 2. The molecule has 2 rings (SSSR count). The number of esters is 1. The van der Waals surface area contributed by atoms with E-state index in [1.54, 1.807) is 63.7 Å². The van der Waals surface area contributed by atoms with Crippen LogP contribution in [0.3, 0.4) is 0 Å². The number of hydrogen-bond acceptors (Lipinski definition) is 4. The zero-order valence-corrected chi connectivity index (χ0v) is 17.0. The lowest BCUT2D eigenvalue weighted by atomic mass is 9.99. The maximum absolute atomic E-state index is 13.1. The fourth-order valence-electron chi connectivity index (χ4n) is 3.08. The zero-order chi connectivity index (χ0) is 20.5. The van der Waals surface area contributed by atoms with Gasteiger partial charge in [0.05, 0.1) is 13.2 Å². The van der Waals surface area contributed by atoms with Gasteiger partial charge in [-0.2, -0.15) is 0 Å². The van der Waals surface area contributed by atoms with E-state index in [0.29, 0.717) is 33.1 Å². The Balaban J connectivity index is 2.36. The van der Waals surface area contributed by atoms with Gasteiger partial charge in [0.15, 0.2) is 5.78 Å². The number of likely N-dealkylation sites (N-methyl/N-ethyl adjacent to an activating group) is 1. The summed E-state index contributed by atoms with van der Waals surface area (Å²) >= 11 is 5.86. The predicted molar refractivity (Wildman–Crippen MR) is 104 cm³/mol. The van der Waals surface area contributed by atoms with Crippen molar-refractivity contribution in [1.82, 2.24) is 9.47 Å². The molecule has 0 fully saturated rings. The van der Waals surface area contributed by atoms with Gasteiger partial charge in [-0.25, -0.2) is 4.79 Å². The molecule has 1 aromatic heterocycles. The molecule has 0 N–H and O–H groups in total. The van der Waals surface area contributed by atoms with Gasteiger partial charge < -0.3 is 14.2 Å². The lowest BCUT2D eigenvalue weighted by Crippen LogP contribution is -2.40. The second-order valence-corrected chi connectivity index (χ2v) is 6.88. The molecule has 0 saturated carbocycles. The monoisotopic (exact) mass is 390 g/mol. The van der Waals surface area contributed by atoms with E-state index in [1.165, 1.54) is 12.0 Å². The minimum Gasteiger partial charge on any atom is -0.464 e. The molecule has 0 bridgehead atoms. The maximum Gasteiger partial charge on any atom is 0.354 e. The van der Waals surface area contributed by atoms with Gasteiger partial charge in [0.2, 0.25) is 0 Å². The number of carbonyl (C=O) groups excluding carboxylic acids is 3. The molecule has 2 aromatic rings. The average Bonchev–Trinajstić information content (AvgIpc) is 2.88. The zero-order valence-electron chi connectivity index (χ0n) is 16.3. The van der Waals surface area contributed by atoms with Crippen LogP contribution in [0.1, 0.15) is 49.4 Å². The predicted octanol–water partition coefficient (Wildman–Crippen LogP) is 3.43. The second kappa shape index (κ2) is 7.96. The number of hydrogen-bond donors (Lipinski definition) is 0. The van der Waals surface area contributed by atoms with Crippen LogP contribution in [0.2, 0.25) is 5.02 Å². The Kier molecular flexibility index (Phi) is 6.11. The van der Waals surface area contributed by atoms with Crippen LogP contribution in [-0.2, 0) is 11.8 Å². The molecule has 1 heterocycles. The summed E-state index contributed by atoms with van der Waals surface area (Å²) < 4.78 is 6.45. The van der Waals surface area contributed by atoms with E-state index in [2.05, 4.69) is 0 Å². The van der Waals surface area contributed by atoms with E-state index in [0.717, 1.165) is 0 Å². The first-order valence-electron chi connectivity index (χ1n) is 8.42. The second-order valence-electron chi connectivity index (χ2n) is 6.45.